The van der Waals surface area contributed by atoms with Crippen molar-refractivity contribution < 1.29 is 19.4 Å². The smallest absolute Gasteiger partial charge is 0.303 e. The number of rotatable bonds is 10. The second-order valence-corrected chi connectivity index (χ2v) is 7.41. The average Bonchev–Trinajstić information content (AvgIpc) is 3.31. The Morgan fingerprint density at radius 3 is 2.65 bits per heavy atom. The van der Waals surface area contributed by atoms with Crippen molar-refractivity contribution in [2.75, 3.05) is 19.8 Å². The molecule has 4 rings (SSSR count). The molecule has 176 valence electrons. The number of aromatic amines is 2. The van der Waals surface area contributed by atoms with Crippen LogP contribution in [0, 0.1) is 0 Å². The number of aromatic nitrogens is 5. The fourth-order valence-electron chi connectivity index (χ4n) is 3.56. The summed E-state index contributed by atoms with van der Waals surface area (Å²) >= 11 is 0. The van der Waals surface area contributed by atoms with Crippen molar-refractivity contribution in [3.63, 3.8) is 0 Å². The van der Waals surface area contributed by atoms with Gasteiger partial charge in [-0.05, 0) is 54.3 Å². The highest BCUT2D eigenvalue weighted by atomic mass is 16.5. The third-order valence-electron chi connectivity index (χ3n) is 5.11. The normalized spacial score (nSPS) is 11.0. The third kappa shape index (κ3) is 4.89. The lowest BCUT2D eigenvalue weighted by molar-refractivity contribution is -0.136. The molecular formula is C23H24N6O5. The predicted octanol–water partition coefficient (Wildman–Crippen LogP) is 2.13. The molecule has 0 saturated carbocycles. The number of carboxylic acid groups (broad SMARTS) is 1. The molecule has 0 aliphatic rings. The largest absolute Gasteiger partial charge is 0.493 e. The molecule has 4 aromatic rings. The number of carbonyl (C=O) groups is 1. The lowest BCUT2D eigenvalue weighted by Gasteiger charge is -2.15. The molecule has 0 saturated heterocycles. The van der Waals surface area contributed by atoms with Gasteiger partial charge in [0.2, 0.25) is 5.65 Å². The number of aryl methyl sites for hydroxylation is 1. The molecule has 2 heterocycles. The maximum atomic E-state index is 12.3. The summed E-state index contributed by atoms with van der Waals surface area (Å²) in [4.78, 5) is 30.5. The van der Waals surface area contributed by atoms with Crippen LogP contribution in [0.5, 0.6) is 11.5 Å². The number of nitrogens with zero attached hydrogens (tertiary/aromatic N) is 3. The van der Waals surface area contributed by atoms with Crippen molar-refractivity contribution in [2.45, 2.75) is 19.8 Å². The number of H-pyrrole nitrogens is 2. The second-order valence-electron chi connectivity index (χ2n) is 7.41. The molecular weight excluding hydrogens is 440 g/mol. The summed E-state index contributed by atoms with van der Waals surface area (Å²) in [7, 11) is 0. The highest BCUT2D eigenvalue weighted by Gasteiger charge is 2.15. The van der Waals surface area contributed by atoms with Crippen LogP contribution in [0.25, 0.3) is 33.7 Å². The summed E-state index contributed by atoms with van der Waals surface area (Å²) in [5.41, 5.74) is 8.56. The van der Waals surface area contributed by atoms with E-state index in [2.05, 4.69) is 25.4 Å². The quantitative estimate of drug-likeness (QED) is 0.274. The minimum absolute atomic E-state index is 0.0187. The van der Waals surface area contributed by atoms with Crippen molar-refractivity contribution in [2.24, 2.45) is 5.73 Å². The number of nitrogens with one attached hydrogen (secondary N) is 2. The number of benzene rings is 2. The van der Waals surface area contributed by atoms with Gasteiger partial charge in [-0.25, -0.2) is 4.98 Å². The molecule has 0 unspecified atom stereocenters. The molecule has 0 fully saturated rings. The molecule has 0 atom stereocenters. The van der Waals surface area contributed by atoms with E-state index < -0.39 is 11.5 Å². The molecule has 5 N–H and O–H groups in total. The van der Waals surface area contributed by atoms with Crippen molar-refractivity contribution in [3.8, 4) is 34.0 Å². The number of nitrogens with two attached hydrogens (primary N) is 1. The van der Waals surface area contributed by atoms with E-state index in [-0.39, 0.29) is 17.6 Å². The molecule has 0 radical (unpaired) electrons. The first-order chi connectivity index (χ1) is 16.5. The van der Waals surface area contributed by atoms with Gasteiger partial charge in [-0.1, -0.05) is 12.1 Å². The van der Waals surface area contributed by atoms with Crippen molar-refractivity contribution in [1.29, 1.82) is 0 Å². The fourth-order valence-corrected chi connectivity index (χ4v) is 3.56. The van der Waals surface area contributed by atoms with E-state index in [4.69, 9.17) is 20.3 Å². The standard InChI is InChI=1S/C23H24N6O5/c1-2-33-18-12-14(3-6-16(18)21-25-22-20(23(32)26-21)27-29-28-22)13-4-7-17(34-10-9-24)15(11-13)5-8-19(30)31/h3-4,6-7,11-12H,2,5,8-10,24H2,1H3,(H,30,31)(H2,25,26,27,28,29,32). The Hall–Kier alpha value is -4.25. The van der Waals surface area contributed by atoms with Gasteiger partial charge in [-0.15, -0.1) is 10.2 Å². The van der Waals surface area contributed by atoms with E-state index in [1.54, 1.807) is 6.07 Å². The van der Waals surface area contributed by atoms with Crippen molar-refractivity contribution in [1.82, 2.24) is 25.4 Å². The van der Waals surface area contributed by atoms with Crippen LogP contribution in [-0.2, 0) is 11.2 Å². The predicted molar refractivity (Wildman–Crippen MR) is 125 cm³/mol. The highest BCUT2D eigenvalue weighted by molar-refractivity contribution is 5.77. The summed E-state index contributed by atoms with van der Waals surface area (Å²) in [5, 5.41) is 19.2. The van der Waals surface area contributed by atoms with Gasteiger partial charge in [-0.2, -0.15) is 5.21 Å². The molecule has 11 nitrogen and oxygen atoms in total. The van der Waals surface area contributed by atoms with Crippen molar-refractivity contribution in [3.05, 3.63) is 52.3 Å². The van der Waals surface area contributed by atoms with Gasteiger partial charge in [0, 0.05) is 13.0 Å². The molecule has 2 aromatic heterocycles. The number of aliphatic carboxylic acids is 1. The Morgan fingerprint density at radius 2 is 1.88 bits per heavy atom. The van der Waals surface area contributed by atoms with Crippen LogP contribution >= 0.6 is 0 Å². The van der Waals surface area contributed by atoms with E-state index in [0.29, 0.717) is 49.1 Å². The SMILES string of the molecule is CCOc1cc(-c2ccc(OCCN)c(CCC(=O)O)c2)ccc1-c1nc2n[nH]nc2c(=O)[nH]1. The third-order valence-corrected chi connectivity index (χ3v) is 5.11. The molecule has 0 bridgehead atoms. The maximum absolute atomic E-state index is 12.3. The first-order valence-electron chi connectivity index (χ1n) is 10.8. The van der Waals surface area contributed by atoms with Crippen LogP contribution in [0.2, 0.25) is 0 Å². The number of hydrogen-bond donors (Lipinski definition) is 4. The van der Waals surface area contributed by atoms with Gasteiger partial charge < -0.3 is 25.3 Å². The van der Waals surface area contributed by atoms with Crippen LogP contribution in [-0.4, -0.2) is 56.2 Å². The van der Waals surface area contributed by atoms with Crippen LogP contribution in [0.15, 0.2) is 41.2 Å². The summed E-state index contributed by atoms with van der Waals surface area (Å²) in [6, 6.07) is 11.1. The van der Waals surface area contributed by atoms with Crippen LogP contribution in [0.3, 0.4) is 0 Å². The summed E-state index contributed by atoms with van der Waals surface area (Å²) in [6.07, 6.45) is 0.303. The average molecular weight is 464 g/mol. The summed E-state index contributed by atoms with van der Waals surface area (Å²) in [5.74, 6) is 0.569. The molecule has 11 heteroatoms. The molecule has 34 heavy (non-hydrogen) atoms. The number of carboxylic acids is 1. The van der Waals surface area contributed by atoms with Gasteiger partial charge >= 0.3 is 5.97 Å². The Morgan fingerprint density at radius 1 is 1.09 bits per heavy atom. The van der Waals surface area contributed by atoms with Gasteiger partial charge in [0.1, 0.15) is 23.9 Å². The van der Waals surface area contributed by atoms with E-state index in [1.807, 2.05) is 37.3 Å². The molecule has 0 spiro atoms. The monoisotopic (exact) mass is 464 g/mol. The molecule has 0 amide bonds. The van der Waals surface area contributed by atoms with E-state index in [1.165, 1.54) is 0 Å². The zero-order valence-corrected chi connectivity index (χ0v) is 18.5. The minimum atomic E-state index is -0.885. The second kappa shape index (κ2) is 10.1. The zero-order valence-electron chi connectivity index (χ0n) is 18.5. The summed E-state index contributed by atoms with van der Waals surface area (Å²) < 4.78 is 11.5. The number of ether oxygens (including phenoxy) is 2. The first-order valence-corrected chi connectivity index (χ1v) is 10.8. The lowest BCUT2D eigenvalue weighted by atomic mass is 9.98. The van der Waals surface area contributed by atoms with E-state index >= 15 is 0 Å². The van der Waals surface area contributed by atoms with Gasteiger partial charge in [0.15, 0.2) is 5.52 Å². The van der Waals surface area contributed by atoms with Crippen LogP contribution in [0.1, 0.15) is 18.9 Å². The van der Waals surface area contributed by atoms with Gasteiger partial charge in [-0.3, -0.25) is 9.59 Å². The van der Waals surface area contributed by atoms with Crippen LogP contribution < -0.4 is 20.8 Å². The minimum Gasteiger partial charge on any atom is -0.493 e. The van der Waals surface area contributed by atoms with Crippen molar-refractivity contribution >= 4 is 17.1 Å². The Kier molecular flexibility index (Phi) is 6.83. The number of hydrogen-bond acceptors (Lipinski definition) is 8. The van der Waals surface area contributed by atoms with Gasteiger partial charge in [0.05, 0.1) is 12.2 Å². The summed E-state index contributed by atoms with van der Waals surface area (Å²) in [6.45, 7) is 2.96. The first kappa shape index (κ1) is 22.9. The Labute approximate surface area is 193 Å². The highest BCUT2D eigenvalue weighted by Crippen LogP contribution is 2.34. The zero-order chi connectivity index (χ0) is 24.1. The number of fused-ring (bicyclic) bond motifs is 1. The van der Waals surface area contributed by atoms with Gasteiger partial charge in [0.25, 0.3) is 5.56 Å². The maximum Gasteiger partial charge on any atom is 0.303 e. The Bertz CT molecular complexity index is 1380. The fraction of sp³-hybridized carbons (Fsp3) is 0.261. The topological polar surface area (TPSA) is 169 Å². The Balaban J connectivity index is 1.74. The van der Waals surface area contributed by atoms with E-state index in [9.17, 15) is 9.59 Å². The van der Waals surface area contributed by atoms with Crippen LogP contribution in [0.4, 0.5) is 0 Å². The lowest BCUT2D eigenvalue weighted by Crippen LogP contribution is -2.12. The van der Waals surface area contributed by atoms with E-state index in [0.717, 1.165) is 16.7 Å². The molecule has 2 aromatic carbocycles. The molecule has 0 aliphatic carbocycles. The molecule has 0 aliphatic heterocycles.